The molecular weight excluding hydrogens is 214 g/mol. The van der Waals surface area contributed by atoms with Gasteiger partial charge in [-0.05, 0) is 13.8 Å². The zero-order valence-corrected chi connectivity index (χ0v) is 10.6. The van der Waals surface area contributed by atoms with E-state index in [-0.39, 0.29) is 0 Å². The van der Waals surface area contributed by atoms with Crippen LogP contribution in [0.3, 0.4) is 0 Å². The van der Waals surface area contributed by atoms with Crippen molar-refractivity contribution in [2.24, 2.45) is 7.05 Å². The van der Waals surface area contributed by atoms with Crippen LogP contribution in [-0.2, 0) is 23.6 Å². The summed E-state index contributed by atoms with van der Waals surface area (Å²) in [6.45, 7) is 4.20. The quantitative estimate of drug-likeness (QED) is 0.758. The zero-order valence-electron chi connectivity index (χ0n) is 9.77. The van der Waals surface area contributed by atoms with Crippen molar-refractivity contribution >= 4 is 10.0 Å². The minimum Gasteiger partial charge on any atom is -0.272 e. The molecule has 0 aliphatic rings. The van der Waals surface area contributed by atoms with Crippen molar-refractivity contribution < 1.29 is 8.42 Å². The van der Waals surface area contributed by atoms with E-state index in [1.54, 1.807) is 11.7 Å². The number of aromatic nitrogens is 2. The molecule has 1 heterocycles. The van der Waals surface area contributed by atoms with Gasteiger partial charge in [0.1, 0.15) is 0 Å². The zero-order chi connectivity index (χ0) is 11.8. The largest absolute Gasteiger partial charge is 0.272 e. The molecule has 0 bridgehead atoms. The van der Waals surface area contributed by atoms with Crippen LogP contribution in [0.15, 0.2) is 0 Å². The standard InChI is InChI=1S/C9H17N3O2S/c1-7-9(8(2)12(4)10-7)6-11(3)15(5,13)14/h6H2,1-5H3. The Morgan fingerprint density at radius 3 is 2.27 bits per heavy atom. The lowest BCUT2D eigenvalue weighted by atomic mass is 10.2. The lowest BCUT2D eigenvalue weighted by Gasteiger charge is -2.14. The van der Waals surface area contributed by atoms with E-state index in [0.29, 0.717) is 6.54 Å². The Labute approximate surface area is 90.7 Å². The van der Waals surface area contributed by atoms with Crippen molar-refractivity contribution in [2.75, 3.05) is 13.3 Å². The number of nitrogens with zero attached hydrogens (tertiary/aromatic N) is 3. The maximum atomic E-state index is 11.3. The minimum absolute atomic E-state index is 0.379. The number of rotatable bonds is 3. The van der Waals surface area contributed by atoms with Crippen LogP contribution < -0.4 is 0 Å². The smallest absolute Gasteiger partial charge is 0.211 e. The lowest BCUT2D eigenvalue weighted by molar-refractivity contribution is 0.470. The van der Waals surface area contributed by atoms with Crippen LogP contribution >= 0.6 is 0 Å². The summed E-state index contributed by atoms with van der Waals surface area (Å²) in [7, 11) is 0.295. The van der Waals surface area contributed by atoms with Gasteiger partial charge in [0, 0.05) is 31.9 Å². The molecule has 0 fully saturated rings. The van der Waals surface area contributed by atoms with Crippen LogP contribution in [0.5, 0.6) is 0 Å². The van der Waals surface area contributed by atoms with Crippen LogP contribution in [0.1, 0.15) is 17.0 Å². The fraction of sp³-hybridized carbons (Fsp3) is 0.667. The molecule has 0 aromatic carbocycles. The first-order chi connectivity index (χ1) is 6.73. The van der Waals surface area contributed by atoms with E-state index >= 15 is 0 Å². The molecule has 1 aromatic rings. The van der Waals surface area contributed by atoms with Crippen molar-refractivity contribution in [1.29, 1.82) is 0 Å². The molecule has 1 rings (SSSR count). The van der Waals surface area contributed by atoms with E-state index in [9.17, 15) is 8.42 Å². The summed E-state index contributed by atoms with van der Waals surface area (Å²) < 4.78 is 25.6. The van der Waals surface area contributed by atoms with Gasteiger partial charge in [-0.25, -0.2) is 12.7 Å². The van der Waals surface area contributed by atoms with E-state index in [1.165, 1.54) is 10.6 Å². The molecule has 0 unspecified atom stereocenters. The highest BCUT2D eigenvalue weighted by molar-refractivity contribution is 7.88. The maximum Gasteiger partial charge on any atom is 0.211 e. The first kappa shape index (κ1) is 12.2. The normalized spacial score (nSPS) is 12.4. The molecule has 0 N–H and O–H groups in total. The van der Waals surface area contributed by atoms with Crippen molar-refractivity contribution in [3.8, 4) is 0 Å². The Bertz CT molecular complexity index is 462. The molecule has 0 saturated heterocycles. The van der Waals surface area contributed by atoms with Crippen molar-refractivity contribution in [3.05, 3.63) is 17.0 Å². The van der Waals surface area contributed by atoms with Crippen molar-refractivity contribution in [3.63, 3.8) is 0 Å². The van der Waals surface area contributed by atoms with Gasteiger partial charge in [-0.3, -0.25) is 4.68 Å². The average molecular weight is 231 g/mol. The van der Waals surface area contributed by atoms with Crippen LogP contribution in [0.4, 0.5) is 0 Å². The summed E-state index contributed by atoms with van der Waals surface area (Å²) in [6.07, 6.45) is 1.20. The Balaban J connectivity index is 3.00. The summed E-state index contributed by atoms with van der Waals surface area (Å²) in [6, 6.07) is 0. The van der Waals surface area contributed by atoms with Gasteiger partial charge in [0.2, 0.25) is 10.0 Å². The fourth-order valence-corrected chi connectivity index (χ4v) is 1.75. The van der Waals surface area contributed by atoms with Crippen molar-refractivity contribution in [2.45, 2.75) is 20.4 Å². The second-order valence-corrected chi connectivity index (χ2v) is 5.88. The van der Waals surface area contributed by atoms with Gasteiger partial charge in [-0.15, -0.1) is 0 Å². The van der Waals surface area contributed by atoms with Gasteiger partial charge in [-0.1, -0.05) is 0 Å². The second kappa shape index (κ2) is 3.94. The number of hydrogen-bond donors (Lipinski definition) is 0. The first-order valence-electron chi connectivity index (χ1n) is 4.64. The first-order valence-corrected chi connectivity index (χ1v) is 6.48. The Kier molecular flexibility index (Phi) is 3.20. The molecular formula is C9H17N3O2S. The molecule has 5 nitrogen and oxygen atoms in total. The van der Waals surface area contributed by atoms with Crippen LogP contribution in [0.25, 0.3) is 0 Å². The summed E-state index contributed by atoms with van der Waals surface area (Å²) in [4.78, 5) is 0. The molecule has 86 valence electrons. The topological polar surface area (TPSA) is 55.2 Å². The van der Waals surface area contributed by atoms with E-state index in [4.69, 9.17) is 0 Å². The molecule has 0 aliphatic heterocycles. The predicted molar refractivity (Wildman–Crippen MR) is 59.0 cm³/mol. The molecule has 0 atom stereocenters. The second-order valence-electron chi connectivity index (χ2n) is 3.79. The lowest BCUT2D eigenvalue weighted by Crippen LogP contribution is -2.25. The monoisotopic (exact) mass is 231 g/mol. The fourth-order valence-electron chi connectivity index (χ4n) is 1.39. The van der Waals surface area contributed by atoms with E-state index in [2.05, 4.69) is 5.10 Å². The van der Waals surface area contributed by atoms with Crippen molar-refractivity contribution in [1.82, 2.24) is 14.1 Å². The summed E-state index contributed by atoms with van der Waals surface area (Å²) in [5, 5.41) is 4.24. The third kappa shape index (κ3) is 2.57. The highest BCUT2D eigenvalue weighted by Gasteiger charge is 2.16. The third-order valence-corrected chi connectivity index (χ3v) is 3.87. The van der Waals surface area contributed by atoms with Gasteiger partial charge in [-0.2, -0.15) is 5.10 Å². The maximum absolute atomic E-state index is 11.3. The number of aryl methyl sites for hydroxylation is 2. The van der Waals surface area contributed by atoms with Gasteiger partial charge in [0.15, 0.2) is 0 Å². The van der Waals surface area contributed by atoms with Gasteiger partial charge in [0.25, 0.3) is 0 Å². The molecule has 6 heteroatoms. The summed E-state index contributed by atoms with van der Waals surface area (Å²) in [5.74, 6) is 0. The van der Waals surface area contributed by atoms with E-state index in [1.807, 2.05) is 20.9 Å². The van der Waals surface area contributed by atoms with Gasteiger partial charge >= 0.3 is 0 Å². The molecule has 1 aromatic heterocycles. The molecule has 0 radical (unpaired) electrons. The molecule has 0 aliphatic carbocycles. The van der Waals surface area contributed by atoms with Gasteiger partial charge in [0.05, 0.1) is 11.9 Å². The molecule has 0 saturated carbocycles. The SMILES string of the molecule is Cc1nn(C)c(C)c1CN(C)S(C)(=O)=O. The highest BCUT2D eigenvalue weighted by Crippen LogP contribution is 2.14. The average Bonchev–Trinajstić information content (AvgIpc) is 2.30. The molecule has 15 heavy (non-hydrogen) atoms. The Morgan fingerprint density at radius 2 is 1.93 bits per heavy atom. The Hall–Kier alpha value is -0.880. The summed E-state index contributed by atoms with van der Waals surface area (Å²) >= 11 is 0. The van der Waals surface area contributed by atoms with Gasteiger partial charge < -0.3 is 0 Å². The predicted octanol–water partition coefficient (Wildman–Crippen LogP) is 0.428. The number of sulfonamides is 1. The number of hydrogen-bond acceptors (Lipinski definition) is 3. The van der Waals surface area contributed by atoms with Crippen LogP contribution in [-0.4, -0.2) is 35.8 Å². The molecule has 0 amide bonds. The van der Waals surface area contributed by atoms with E-state index < -0.39 is 10.0 Å². The van der Waals surface area contributed by atoms with E-state index in [0.717, 1.165) is 17.0 Å². The van der Waals surface area contributed by atoms with Crippen LogP contribution in [0.2, 0.25) is 0 Å². The highest BCUT2D eigenvalue weighted by atomic mass is 32.2. The molecule has 0 spiro atoms. The minimum atomic E-state index is -3.13. The summed E-state index contributed by atoms with van der Waals surface area (Å²) in [5.41, 5.74) is 2.86. The Morgan fingerprint density at radius 1 is 1.40 bits per heavy atom. The van der Waals surface area contributed by atoms with Crippen LogP contribution in [0, 0.1) is 13.8 Å². The third-order valence-electron chi connectivity index (χ3n) is 2.61.